The lowest BCUT2D eigenvalue weighted by Crippen LogP contribution is -2.25. The number of carbonyl (C=O) groups excluding carboxylic acids is 1. The molecule has 0 aliphatic rings. The van der Waals surface area contributed by atoms with Crippen molar-refractivity contribution in [1.82, 2.24) is 5.32 Å². The van der Waals surface area contributed by atoms with Crippen molar-refractivity contribution in [3.8, 4) is 5.75 Å². The third-order valence-corrected chi connectivity index (χ3v) is 3.46. The molecule has 0 atom stereocenters. The van der Waals surface area contributed by atoms with E-state index in [2.05, 4.69) is 11.6 Å². The van der Waals surface area contributed by atoms with Crippen molar-refractivity contribution in [2.24, 2.45) is 0 Å². The van der Waals surface area contributed by atoms with E-state index < -0.39 is 0 Å². The Kier molecular flexibility index (Phi) is 6.65. The number of carbonyl (C=O) groups is 1. The third-order valence-electron chi connectivity index (χ3n) is 2.77. The Morgan fingerprint density at radius 2 is 2.11 bits per heavy atom. The smallest absolute Gasteiger partial charge is 0.251 e. The van der Waals surface area contributed by atoms with Crippen molar-refractivity contribution in [1.29, 1.82) is 0 Å². The number of rotatable bonds is 7. The van der Waals surface area contributed by atoms with E-state index in [0.29, 0.717) is 12.1 Å². The molecule has 1 rings (SSSR count). The monoisotopic (exact) mass is 267 g/mol. The summed E-state index contributed by atoms with van der Waals surface area (Å²) in [6, 6.07) is 4.81. The van der Waals surface area contributed by atoms with Gasteiger partial charge in [0.05, 0.1) is 0 Å². The van der Waals surface area contributed by atoms with Crippen molar-refractivity contribution >= 4 is 17.7 Å². The number of benzene rings is 1. The molecule has 0 heterocycles. The normalized spacial score (nSPS) is 10.3. The Morgan fingerprint density at radius 1 is 1.33 bits per heavy atom. The minimum Gasteiger partial charge on any atom is -0.508 e. The van der Waals surface area contributed by atoms with Crippen LogP contribution in [0.1, 0.15) is 35.2 Å². The van der Waals surface area contributed by atoms with Crippen LogP contribution in [-0.4, -0.2) is 29.6 Å². The molecule has 3 nitrogen and oxygen atoms in total. The summed E-state index contributed by atoms with van der Waals surface area (Å²) in [5.74, 6) is 1.32. The van der Waals surface area contributed by atoms with Crippen molar-refractivity contribution in [3.05, 3.63) is 29.3 Å². The van der Waals surface area contributed by atoms with Crippen LogP contribution in [0.4, 0.5) is 0 Å². The van der Waals surface area contributed by atoms with Crippen molar-refractivity contribution in [2.45, 2.75) is 26.2 Å². The van der Waals surface area contributed by atoms with E-state index in [9.17, 15) is 9.90 Å². The van der Waals surface area contributed by atoms with Crippen LogP contribution < -0.4 is 5.32 Å². The van der Waals surface area contributed by atoms with Crippen molar-refractivity contribution in [3.63, 3.8) is 0 Å². The summed E-state index contributed by atoms with van der Waals surface area (Å²) in [6.07, 6.45) is 5.48. The lowest BCUT2D eigenvalue weighted by molar-refractivity contribution is 0.0952. The van der Waals surface area contributed by atoms with Gasteiger partial charge in [0.15, 0.2) is 0 Å². The van der Waals surface area contributed by atoms with Crippen LogP contribution in [0.2, 0.25) is 0 Å². The van der Waals surface area contributed by atoms with E-state index in [1.807, 2.05) is 18.7 Å². The average Bonchev–Trinajstić information content (AvgIpc) is 2.33. The SMILES string of the molecule is CSCCCCCNC(=O)c1ccc(O)cc1C. The van der Waals surface area contributed by atoms with E-state index in [1.54, 1.807) is 18.2 Å². The molecule has 0 bridgehead atoms. The van der Waals surface area contributed by atoms with Crippen LogP contribution in [0.5, 0.6) is 5.75 Å². The van der Waals surface area contributed by atoms with E-state index in [4.69, 9.17) is 0 Å². The second-order valence-corrected chi connectivity index (χ2v) is 5.29. The summed E-state index contributed by atoms with van der Waals surface area (Å²) < 4.78 is 0. The first-order chi connectivity index (χ1) is 8.65. The highest BCUT2D eigenvalue weighted by Gasteiger charge is 2.08. The largest absolute Gasteiger partial charge is 0.508 e. The van der Waals surface area contributed by atoms with Crippen LogP contribution in [-0.2, 0) is 0 Å². The number of hydrogen-bond donors (Lipinski definition) is 2. The standard InChI is InChI=1S/C14H21NO2S/c1-11-10-12(16)6-7-13(11)14(17)15-8-4-3-5-9-18-2/h6-7,10,16H,3-5,8-9H2,1-2H3,(H,15,17). The van der Waals surface area contributed by atoms with Gasteiger partial charge in [-0.15, -0.1) is 0 Å². The number of thioether (sulfide) groups is 1. The first-order valence-electron chi connectivity index (χ1n) is 6.22. The highest BCUT2D eigenvalue weighted by Crippen LogP contribution is 2.15. The van der Waals surface area contributed by atoms with Crippen LogP contribution in [0.3, 0.4) is 0 Å². The minimum absolute atomic E-state index is 0.0580. The molecule has 0 unspecified atom stereocenters. The van der Waals surface area contributed by atoms with E-state index in [1.165, 1.54) is 12.2 Å². The Labute approximate surface area is 113 Å². The number of aromatic hydroxyl groups is 1. The maximum atomic E-state index is 11.9. The van der Waals surface area contributed by atoms with Crippen molar-refractivity contribution < 1.29 is 9.90 Å². The van der Waals surface area contributed by atoms with Gasteiger partial charge in [-0.05, 0) is 55.5 Å². The number of aryl methyl sites for hydroxylation is 1. The highest BCUT2D eigenvalue weighted by molar-refractivity contribution is 7.98. The fourth-order valence-corrected chi connectivity index (χ4v) is 2.24. The zero-order chi connectivity index (χ0) is 13.4. The number of phenolic OH excluding ortho intramolecular Hbond substituents is 1. The molecule has 0 spiro atoms. The Balaban J connectivity index is 2.32. The first-order valence-corrected chi connectivity index (χ1v) is 7.61. The molecular weight excluding hydrogens is 246 g/mol. The number of phenols is 1. The summed E-state index contributed by atoms with van der Waals surface area (Å²) in [4.78, 5) is 11.9. The highest BCUT2D eigenvalue weighted by atomic mass is 32.2. The molecule has 1 aromatic carbocycles. The van der Waals surface area contributed by atoms with Gasteiger partial charge in [0.1, 0.15) is 5.75 Å². The quantitative estimate of drug-likeness (QED) is 0.747. The molecule has 0 saturated carbocycles. The van der Waals surface area contributed by atoms with Crippen LogP contribution >= 0.6 is 11.8 Å². The minimum atomic E-state index is -0.0580. The van der Waals surface area contributed by atoms with Crippen LogP contribution in [0.15, 0.2) is 18.2 Å². The first kappa shape index (κ1) is 14.9. The zero-order valence-corrected chi connectivity index (χ0v) is 11.8. The molecule has 0 aliphatic heterocycles. The molecule has 4 heteroatoms. The zero-order valence-electron chi connectivity index (χ0n) is 11.0. The number of amides is 1. The van der Waals surface area contributed by atoms with Gasteiger partial charge in [-0.2, -0.15) is 11.8 Å². The fraction of sp³-hybridized carbons (Fsp3) is 0.500. The number of nitrogens with one attached hydrogen (secondary N) is 1. The van der Waals surface area contributed by atoms with Gasteiger partial charge in [-0.25, -0.2) is 0 Å². The molecule has 18 heavy (non-hydrogen) atoms. The van der Waals surface area contributed by atoms with Crippen LogP contribution in [0, 0.1) is 6.92 Å². The lowest BCUT2D eigenvalue weighted by Gasteiger charge is -2.07. The van der Waals surface area contributed by atoms with Gasteiger partial charge in [0, 0.05) is 12.1 Å². The van der Waals surface area contributed by atoms with Gasteiger partial charge in [0.25, 0.3) is 5.91 Å². The number of hydrogen-bond acceptors (Lipinski definition) is 3. The summed E-state index contributed by atoms with van der Waals surface area (Å²) in [5.41, 5.74) is 1.44. The Bertz CT molecular complexity index is 393. The molecule has 1 aromatic rings. The molecule has 0 aromatic heterocycles. The average molecular weight is 267 g/mol. The predicted octanol–water partition coefficient (Wildman–Crippen LogP) is 2.96. The van der Waals surface area contributed by atoms with Crippen molar-refractivity contribution in [2.75, 3.05) is 18.6 Å². The molecular formula is C14H21NO2S. The van der Waals surface area contributed by atoms with E-state index in [-0.39, 0.29) is 11.7 Å². The summed E-state index contributed by atoms with van der Waals surface area (Å²) >= 11 is 1.86. The summed E-state index contributed by atoms with van der Waals surface area (Å²) in [7, 11) is 0. The maximum absolute atomic E-state index is 11.9. The summed E-state index contributed by atoms with van der Waals surface area (Å²) in [6.45, 7) is 2.54. The predicted molar refractivity (Wildman–Crippen MR) is 77.4 cm³/mol. The molecule has 1 amide bonds. The topological polar surface area (TPSA) is 49.3 Å². The lowest BCUT2D eigenvalue weighted by atomic mass is 10.1. The van der Waals surface area contributed by atoms with E-state index >= 15 is 0 Å². The molecule has 0 saturated heterocycles. The molecule has 0 radical (unpaired) electrons. The van der Waals surface area contributed by atoms with Crippen LogP contribution in [0.25, 0.3) is 0 Å². The van der Waals surface area contributed by atoms with E-state index in [0.717, 1.165) is 18.4 Å². The van der Waals surface area contributed by atoms with Gasteiger partial charge in [-0.1, -0.05) is 6.42 Å². The molecule has 0 aliphatic carbocycles. The number of unbranched alkanes of at least 4 members (excludes halogenated alkanes) is 2. The van der Waals surface area contributed by atoms with Gasteiger partial charge in [-0.3, -0.25) is 4.79 Å². The van der Waals surface area contributed by atoms with Gasteiger partial charge in [0.2, 0.25) is 0 Å². The second-order valence-electron chi connectivity index (χ2n) is 4.31. The third kappa shape index (κ3) is 5.00. The molecule has 100 valence electrons. The Hall–Kier alpha value is -1.16. The molecule has 0 fully saturated rings. The van der Waals surface area contributed by atoms with Gasteiger partial charge < -0.3 is 10.4 Å². The van der Waals surface area contributed by atoms with Gasteiger partial charge >= 0.3 is 0 Å². The molecule has 2 N–H and O–H groups in total. The second kappa shape index (κ2) is 8.03. The summed E-state index contributed by atoms with van der Waals surface area (Å²) in [5, 5.41) is 12.2. The Morgan fingerprint density at radius 3 is 2.78 bits per heavy atom. The maximum Gasteiger partial charge on any atom is 0.251 e. The fourth-order valence-electron chi connectivity index (χ4n) is 1.75.